The number of hydrogen-bond acceptors (Lipinski definition) is 4. The summed E-state index contributed by atoms with van der Waals surface area (Å²) in [5, 5.41) is 13.5. The molecule has 0 saturated heterocycles. The maximum atomic E-state index is 10.2. The summed E-state index contributed by atoms with van der Waals surface area (Å²) in [5.41, 5.74) is 2.30. The van der Waals surface area contributed by atoms with Crippen LogP contribution in [-0.2, 0) is 0 Å². The van der Waals surface area contributed by atoms with E-state index in [9.17, 15) is 5.11 Å². The molecule has 0 aromatic carbocycles. The Morgan fingerprint density at radius 2 is 2.00 bits per heavy atom. The Balaban J connectivity index is 1.45. The fraction of sp³-hybridized carbons (Fsp3) is 0.783. The molecule has 0 radical (unpaired) electrons. The molecule has 2 unspecified atom stereocenters. The number of rotatable bonds is 2. The van der Waals surface area contributed by atoms with E-state index in [0.717, 1.165) is 36.5 Å². The normalized spacial score (nSPS) is 46.2. The molecule has 5 rings (SSSR count). The van der Waals surface area contributed by atoms with E-state index in [1.165, 1.54) is 43.5 Å². The highest BCUT2D eigenvalue weighted by atomic mass is 32.1. The van der Waals surface area contributed by atoms with E-state index in [1.54, 1.807) is 24.0 Å². The highest BCUT2D eigenvalue weighted by Crippen LogP contribution is 2.68. The van der Waals surface area contributed by atoms with E-state index in [4.69, 9.17) is 9.72 Å². The third-order valence-corrected chi connectivity index (χ3v) is 10.0. The summed E-state index contributed by atoms with van der Waals surface area (Å²) < 4.78 is 5.36. The predicted octanol–water partition coefficient (Wildman–Crippen LogP) is 5.56. The molecule has 1 aromatic heterocycles. The van der Waals surface area contributed by atoms with Crippen LogP contribution in [0.15, 0.2) is 17.0 Å². The van der Waals surface area contributed by atoms with Gasteiger partial charge in [0.15, 0.2) is 0 Å². The van der Waals surface area contributed by atoms with Crippen LogP contribution in [0.3, 0.4) is 0 Å². The number of hydrogen-bond donors (Lipinski definition) is 1. The van der Waals surface area contributed by atoms with Crippen LogP contribution < -0.4 is 4.74 Å². The van der Waals surface area contributed by atoms with Gasteiger partial charge in [-0.1, -0.05) is 25.5 Å². The summed E-state index contributed by atoms with van der Waals surface area (Å²) in [7, 11) is 1.72. The maximum absolute atomic E-state index is 10.2. The van der Waals surface area contributed by atoms with E-state index in [-0.39, 0.29) is 6.10 Å². The van der Waals surface area contributed by atoms with Crippen molar-refractivity contribution in [1.82, 2.24) is 4.98 Å². The molecule has 3 nitrogen and oxygen atoms in total. The van der Waals surface area contributed by atoms with E-state index >= 15 is 0 Å². The minimum Gasteiger partial charge on any atom is -0.480 e. The van der Waals surface area contributed by atoms with Gasteiger partial charge in [0, 0.05) is 5.92 Å². The molecule has 7 atom stereocenters. The zero-order valence-corrected chi connectivity index (χ0v) is 17.7. The molecule has 0 spiro atoms. The van der Waals surface area contributed by atoms with Gasteiger partial charge in [-0.15, -0.1) is 11.3 Å². The standard InChI is InChI=1S/C23H33NO2S/c1-22-10-8-15(25)12-14(22)4-5-16-17-6-7-19(21-24-20(26-3)13-27-21)23(17,2)11-9-18(16)22/h4,13,15-19,25H,5-12H2,1-3H3/t15-,16-,17?,18?,19+,22-,23-/m0/s1. The molecule has 1 N–H and O–H groups in total. The van der Waals surface area contributed by atoms with E-state index in [1.807, 2.05) is 0 Å². The Hall–Kier alpha value is -0.870. The Kier molecular flexibility index (Phi) is 4.25. The Morgan fingerprint density at radius 3 is 2.78 bits per heavy atom. The number of methoxy groups -OCH3 is 1. The van der Waals surface area contributed by atoms with Crippen molar-refractivity contribution in [2.24, 2.45) is 28.6 Å². The van der Waals surface area contributed by atoms with Gasteiger partial charge in [0.1, 0.15) is 5.01 Å². The zero-order chi connectivity index (χ0) is 18.8. The van der Waals surface area contributed by atoms with Gasteiger partial charge in [0.05, 0.1) is 18.6 Å². The van der Waals surface area contributed by atoms with Crippen LogP contribution in [0, 0.1) is 28.6 Å². The zero-order valence-electron chi connectivity index (χ0n) is 16.9. The van der Waals surface area contributed by atoms with E-state index in [0.29, 0.717) is 16.7 Å². The average Bonchev–Trinajstić information content (AvgIpc) is 3.25. The van der Waals surface area contributed by atoms with Crippen LogP contribution >= 0.6 is 11.3 Å². The number of allylic oxidation sites excluding steroid dienone is 1. The number of ether oxygens (including phenoxy) is 1. The van der Waals surface area contributed by atoms with Gasteiger partial charge in [-0.25, -0.2) is 4.98 Å². The molecule has 148 valence electrons. The van der Waals surface area contributed by atoms with Crippen molar-refractivity contribution >= 4 is 11.3 Å². The van der Waals surface area contributed by atoms with Crippen molar-refractivity contribution in [3.63, 3.8) is 0 Å². The highest BCUT2D eigenvalue weighted by molar-refractivity contribution is 7.09. The summed E-state index contributed by atoms with van der Waals surface area (Å²) in [6, 6.07) is 0. The smallest absolute Gasteiger partial charge is 0.224 e. The number of fused-ring (bicyclic) bond motifs is 5. The second kappa shape index (κ2) is 6.32. The van der Waals surface area contributed by atoms with Crippen molar-refractivity contribution < 1.29 is 9.84 Å². The molecule has 4 heteroatoms. The van der Waals surface area contributed by atoms with Crippen molar-refractivity contribution in [1.29, 1.82) is 0 Å². The van der Waals surface area contributed by atoms with Crippen LogP contribution in [0.4, 0.5) is 0 Å². The van der Waals surface area contributed by atoms with Crippen LogP contribution in [0.1, 0.15) is 76.1 Å². The lowest BCUT2D eigenvalue weighted by Crippen LogP contribution is -2.50. The first-order chi connectivity index (χ1) is 13.0. The van der Waals surface area contributed by atoms with Crippen LogP contribution in [0.5, 0.6) is 5.88 Å². The van der Waals surface area contributed by atoms with Gasteiger partial charge in [0.2, 0.25) is 5.88 Å². The SMILES string of the molecule is COc1csc([C@H]2CCC3[C@@H]4CC=C5C[C@@H](O)CC[C@]5(C)C4CC[C@@]32C)n1. The summed E-state index contributed by atoms with van der Waals surface area (Å²) in [5.74, 6) is 3.84. The van der Waals surface area contributed by atoms with Crippen molar-refractivity contribution in [3.8, 4) is 5.88 Å². The molecular formula is C23H33NO2S. The third kappa shape index (κ3) is 2.58. The number of aliphatic hydroxyl groups excluding tert-OH is 1. The van der Waals surface area contributed by atoms with Gasteiger partial charge in [0.25, 0.3) is 0 Å². The summed E-state index contributed by atoms with van der Waals surface area (Å²) in [4.78, 5) is 4.80. The number of nitrogens with zero attached hydrogens (tertiary/aromatic N) is 1. The molecule has 4 aliphatic rings. The quantitative estimate of drug-likeness (QED) is 0.676. The lowest BCUT2D eigenvalue weighted by Gasteiger charge is -2.58. The second-order valence-electron chi connectivity index (χ2n) is 10.1. The van der Waals surface area contributed by atoms with E-state index < -0.39 is 0 Å². The van der Waals surface area contributed by atoms with Crippen LogP contribution in [0.25, 0.3) is 0 Å². The van der Waals surface area contributed by atoms with Gasteiger partial charge in [-0.05, 0) is 80.0 Å². The first-order valence-electron chi connectivity index (χ1n) is 10.8. The van der Waals surface area contributed by atoms with Gasteiger partial charge in [-0.3, -0.25) is 0 Å². The first-order valence-corrected chi connectivity index (χ1v) is 11.7. The van der Waals surface area contributed by atoms with Crippen LogP contribution in [0.2, 0.25) is 0 Å². The number of thiazole rings is 1. The minimum atomic E-state index is -0.106. The molecule has 27 heavy (non-hydrogen) atoms. The Labute approximate surface area is 167 Å². The second-order valence-corrected chi connectivity index (χ2v) is 10.9. The summed E-state index contributed by atoms with van der Waals surface area (Å²) in [6.07, 6.45) is 12.1. The molecule has 0 amide bonds. The maximum Gasteiger partial charge on any atom is 0.224 e. The minimum absolute atomic E-state index is 0.106. The monoisotopic (exact) mass is 387 g/mol. The third-order valence-electron chi connectivity index (χ3n) is 9.09. The van der Waals surface area contributed by atoms with Gasteiger partial charge in [-0.2, -0.15) is 0 Å². The summed E-state index contributed by atoms with van der Waals surface area (Å²) >= 11 is 1.80. The molecule has 3 fully saturated rings. The first kappa shape index (κ1) is 18.2. The van der Waals surface area contributed by atoms with Crippen molar-refractivity contribution in [2.75, 3.05) is 7.11 Å². The van der Waals surface area contributed by atoms with Crippen molar-refractivity contribution in [3.05, 3.63) is 22.0 Å². The lowest BCUT2D eigenvalue weighted by atomic mass is 9.47. The molecular weight excluding hydrogens is 354 g/mol. The molecule has 3 saturated carbocycles. The van der Waals surface area contributed by atoms with Crippen molar-refractivity contribution in [2.45, 2.75) is 77.2 Å². The molecule has 0 bridgehead atoms. The highest BCUT2D eigenvalue weighted by Gasteiger charge is 2.59. The molecule has 4 aliphatic carbocycles. The van der Waals surface area contributed by atoms with Crippen LogP contribution in [-0.4, -0.2) is 23.3 Å². The lowest BCUT2D eigenvalue weighted by molar-refractivity contribution is -0.0409. The Morgan fingerprint density at radius 1 is 1.15 bits per heavy atom. The largest absolute Gasteiger partial charge is 0.480 e. The fourth-order valence-corrected chi connectivity index (χ4v) is 8.64. The fourth-order valence-electron chi connectivity index (χ4n) is 7.57. The number of aliphatic hydroxyl groups is 1. The molecule has 1 heterocycles. The molecule has 1 aromatic rings. The molecule has 0 aliphatic heterocycles. The van der Waals surface area contributed by atoms with Gasteiger partial charge >= 0.3 is 0 Å². The predicted molar refractivity (Wildman–Crippen MR) is 109 cm³/mol. The van der Waals surface area contributed by atoms with Gasteiger partial charge < -0.3 is 9.84 Å². The average molecular weight is 388 g/mol. The van der Waals surface area contributed by atoms with E-state index in [2.05, 4.69) is 25.3 Å². The topological polar surface area (TPSA) is 42.4 Å². The summed E-state index contributed by atoms with van der Waals surface area (Å²) in [6.45, 7) is 5.08. The Bertz CT molecular complexity index is 757. The number of aromatic nitrogens is 1.